The van der Waals surface area contributed by atoms with E-state index in [4.69, 9.17) is 17.0 Å². The maximum absolute atomic E-state index is 5.30. The first kappa shape index (κ1) is 14.3. The van der Waals surface area contributed by atoms with Gasteiger partial charge < -0.3 is 15.4 Å². The molecule has 1 aromatic heterocycles. The third-order valence-electron chi connectivity index (χ3n) is 2.79. The van der Waals surface area contributed by atoms with E-state index in [0.717, 1.165) is 22.7 Å². The zero-order chi connectivity index (χ0) is 14.4. The molecule has 2 rings (SSSR count). The summed E-state index contributed by atoms with van der Waals surface area (Å²) < 4.78 is 5.30. The minimum Gasteiger partial charge on any atom is -0.496 e. The van der Waals surface area contributed by atoms with Crippen LogP contribution in [0.5, 0.6) is 5.75 Å². The van der Waals surface area contributed by atoms with Crippen LogP contribution in [-0.2, 0) is 6.54 Å². The molecular formula is C15H17N3OS. The summed E-state index contributed by atoms with van der Waals surface area (Å²) in [7, 11) is 1.66. The number of benzene rings is 1. The molecule has 0 bridgehead atoms. The van der Waals surface area contributed by atoms with Gasteiger partial charge in [0.2, 0.25) is 0 Å². The van der Waals surface area contributed by atoms with Gasteiger partial charge in [-0.3, -0.25) is 0 Å². The Balaban J connectivity index is 1.92. The first-order valence-corrected chi connectivity index (χ1v) is 6.69. The molecule has 1 heterocycles. The molecule has 2 N–H and O–H groups in total. The molecule has 0 saturated heterocycles. The summed E-state index contributed by atoms with van der Waals surface area (Å²) in [5.74, 6) is 1.58. The van der Waals surface area contributed by atoms with Crippen LogP contribution in [0.3, 0.4) is 0 Å². The van der Waals surface area contributed by atoms with Gasteiger partial charge in [-0.1, -0.05) is 18.2 Å². The highest BCUT2D eigenvalue weighted by molar-refractivity contribution is 7.80. The van der Waals surface area contributed by atoms with E-state index in [0.29, 0.717) is 11.7 Å². The van der Waals surface area contributed by atoms with Crippen molar-refractivity contribution in [1.82, 2.24) is 10.3 Å². The van der Waals surface area contributed by atoms with Crippen LogP contribution in [0.15, 0.2) is 42.6 Å². The van der Waals surface area contributed by atoms with Crippen LogP contribution in [-0.4, -0.2) is 17.2 Å². The van der Waals surface area contributed by atoms with Gasteiger partial charge in [0.15, 0.2) is 5.11 Å². The van der Waals surface area contributed by atoms with E-state index in [1.165, 1.54) is 0 Å². The maximum Gasteiger partial charge on any atom is 0.172 e. The van der Waals surface area contributed by atoms with E-state index in [9.17, 15) is 0 Å². The standard InChI is InChI=1S/C15H17N3OS/c1-11-7-8-16-14(9-11)18-15(20)17-10-12-5-3-4-6-13(12)19-2/h3-9H,10H2,1-2H3,(H2,16,17,18,20). The number of thiocarbonyl (C=S) groups is 1. The summed E-state index contributed by atoms with van der Waals surface area (Å²) in [5.41, 5.74) is 2.19. The number of aryl methyl sites for hydroxylation is 1. The number of rotatable bonds is 4. The number of hydrogen-bond acceptors (Lipinski definition) is 3. The molecule has 4 nitrogen and oxygen atoms in total. The number of nitrogens with one attached hydrogen (secondary N) is 2. The number of para-hydroxylation sites is 1. The number of hydrogen-bond donors (Lipinski definition) is 2. The van der Waals surface area contributed by atoms with Crippen LogP contribution < -0.4 is 15.4 Å². The van der Waals surface area contributed by atoms with Crippen molar-refractivity contribution >= 4 is 23.1 Å². The first-order chi connectivity index (χ1) is 9.69. The fraction of sp³-hybridized carbons (Fsp3) is 0.200. The third kappa shape index (κ3) is 3.93. The molecule has 1 aromatic carbocycles. The van der Waals surface area contributed by atoms with Gasteiger partial charge in [-0.05, 0) is 42.9 Å². The first-order valence-electron chi connectivity index (χ1n) is 6.28. The summed E-state index contributed by atoms with van der Waals surface area (Å²) in [5, 5.41) is 6.74. The molecular weight excluding hydrogens is 270 g/mol. The molecule has 0 aliphatic rings. The predicted octanol–water partition coefficient (Wildman–Crippen LogP) is 2.89. The lowest BCUT2D eigenvalue weighted by Crippen LogP contribution is -2.28. The van der Waals surface area contributed by atoms with E-state index in [-0.39, 0.29) is 0 Å². The molecule has 2 aromatic rings. The molecule has 5 heteroatoms. The summed E-state index contributed by atoms with van der Waals surface area (Å²) in [4.78, 5) is 4.20. The quantitative estimate of drug-likeness (QED) is 0.847. The molecule has 0 atom stereocenters. The Kier molecular flexibility index (Phi) is 4.90. The van der Waals surface area contributed by atoms with Crippen LogP contribution in [0.25, 0.3) is 0 Å². The zero-order valence-electron chi connectivity index (χ0n) is 11.5. The highest BCUT2D eigenvalue weighted by Crippen LogP contribution is 2.16. The lowest BCUT2D eigenvalue weighted by atomic mass is 10.2. The third-order valence-corrected chi connectivity index (χ3v) is 3.04. The summed E-state index contributed by atoms with van der Waals surface area (Å²) in [6, 6.07) is 11.7. The van der Waals surface area contributed by atoms with E-state index >= 15 is 0 Å². The molecule has 0 spiro atoms. The minimum atomic E-state index is 0.536. The van der Waals surface area contributed by atoms with Gasteiger partial charge in [0.25, 0.3) is 0 Å². The lowest BCUT2D eigenvalue weighted by Gasteiger charge is -2.12. The molecule has 0 unspecified atom stereocenters. The SMILES string of the molecule is COc1ccccc1CNC(=S)Nc1cc(C)ccn1. The molecule has 20 heavy (non-hydrogen) atoms. The maximum atomic E-state index is 5.30. The van der Waals surface area contributed by atoms with Crippen molar-refractivity contribution in [2.24, 2.45) is 0 Å². The van der Waals surface area contributed by atoms with Crippen molar-refractivity contribution in [3.05, 3.63) is 53.7 Å². The van der Waals surface area contributed by atoms with Gasteiger partial charge in [-0.2, -0.15) is 0 Å². The second-order valence-electron chi connectivity index (χ2n) is 4.34. The average molecular weight is 287 g/mol. The van der Waals surface area contributed by atoms with Gasteiger partial charge >= 0.3 is 0 Å². The van der Waals surface area contributed by atoms with Crippen molar-refractivity contribution in [1.29, 1.82) is 0 Å². The molecule has 104 valence electrons. The van der Waals surface area contributed by atoms with Crippen LogP contribution in [0.2, 0.25) is 0 Å². The number of nitrogens with zero attached hydrogens (tertiary/aromatic N) is 1. The Morgan fingerprint density at radius 1 is 1.30 bits per heavy atom. The average Bonchev–Trinajstić information content (AvgIpc) is 2.45. The van der Waals surface area contributed by atoms with Crippen molar-refractivity contribution < 1.29 is 4.74 Å². The van der Waals surface area contributed by atoms with Gasteiger partial charge in [0.1, 0.15) is 11.6 Å². The van der Waals surface area contributed by atoms with E-state index in [1.807, 2.05) is 43.3 Å². The Bertz CT molecular complexity index is 601. The molecule has 0 amide bonds. The van der Waals surface area contributed by atoms with Crippen LogP contribution in [0.1, 0.15) is 11.1 Å². The van der Waals surface area contributed by atoms with Crippen LogP contribution >= 0.6 is 12.2 Å². The Morgan fingerprint density at radius 3 is 2.85 bits per heavy atom. The summed E-state index contributed by atoms with van der Waals surface area (Å²) >= 11 is 5.25. The van der Waals surface area contributed by atoms with Crippen LogP contribution in [0.4, 0.5) is 5.82 Å². The number of pyridine rings is 1. The Labute approximate surface area is 124 Å². The van der Waals surface area contributed by atoms with Gasteiger partial charge in [0, 0.05) is 18.3 Å². The molecule has 0 fully saturated rings. The van der Waals surface area contributed by atoms with Crippen LogP contribution in [0, 0.1) is 6.92 Å². The van der Waals surface area contributed by atoms with Gasteiger partial charge in [-0.25, -0.2) is 4.98 Å². The van der Waals surface area contributed by atoms with E-state index in [2.05, 4.69) is 15.6 Å². The number of methoxy groups -OCH3 is 1. The second kappa shape index (κ2) is 6.86. The number of anilines is 1. The second-order valence-corrected chi connectivity index (χ2v) is 4.75. The Morgan fingerprint density at radius 2 is 2.10 bits per heavy atom. The van der Waals surface area contributed by atoms with Crippen molar-refractivity contribution in [2.45, 2.75) is 13.5 Å². The molecule has 0 aliphatic heterocycles. The minimum absolute atomic E-state index is 0.536. The highest BCUT2D eigenvalue weighted by atomic mass is 32.1. The number of aromatic nitrogens is 1. The van der Waals surface area contributed by atoms with Crippen molar-refractivity contribution in [3.8, 4) is 5.75 Å². The lowest BCUT2D eigenvalue weighted by molar-refractivity contribution is 0.409. The highest BCUT2D eigenvalue weighted by Gasteiger charge is 2.03. The predicted molar refractivity (Wildman–Crippen MR) is 85.0 cm³/mol. The van der Waals surface area contributed by atoms with Gasteiger partial charge in [-0.15, -0.1) is 0 Å². The fourth-order valence-corrected chi connectivity index (χ4v) is 1.97. The van der Waals surface area contributed by atoms with Crippen molar-refractivity contribution in [3.63, 3.8) is 0 Å². The monoisotopic (exact) mass is 287 g/mol. The van der Waals surface area contributed by atoms with E-state index in [1.54, 1.807) is 13.3 Å². The van der Waals surface area contributed by atoms with Gasteiger partial charge in [0.05, 0.1) is 7.11 Å². The largest absolute Gasteiger partial charge is 0.496 e. The molecule has 0 radical (unpaired) electrons. The topological polar surface area (TPSA) is 46.2 Å². The summed E-state index contributed by atoms with van der Waals surface area (Å²) in [6.45, 7) is 2.61. The smallest absolute Gasteiger partial charge is 0.172 e. The Hall–Kier alpha value is -2.14. The molecule has 0 aliphatic carbocycles. The number of ether oxygens (including phenoxy) is 1. The summed E-state index contributed by atoms with van der Waals surface area (Å²) in [6.07, 6.45) is 1.75. The fourth-order valence-electron chi connectivity index (χ4n) is 1.79. The normalized spacial score (nSPS) is 9.90. The molecule has 0 saturated carbocycles. The zero-order valence-corrected chi connectivity index (χ0v) is 12.3. The van der Waals surface area contributed by atoms with E-state index < -0.39 is 0 Å². The van der Waals surface area contributed by atoms with Crippen molar-refractivity contribution in [2.75, 3.05) is 12.4 Å².